The maximum absolute atomic E-state index is 15.1. The summed E-state index contributed by atoms with van der Waals surface area (Å²) in [4.78, 5) is 160. The number of carbonyl (C=O) groups is 7. The number of amides is 5. The number of fused-ring (bicyclic) bond motifs is 5. The smallest absolute Gasteiger partial charge is 0.409 e. The van der Waals surface area contributed by atoms with Crippen LogP contribution in [0.15, 0.2) is 206 Å². The number of esters is 2. The fraction of sp³-hybridized carbons (Fsp3) is 0.402. The molecule has 3 aliphatic rings. The molecule has 7 N–H and O–H groups in total. The number of rotatable bonds is 37. The summed E-state index contributed by atoms with van der Waals surface area (Å²) in [5, 5.41) is 72.1. The van der Waals surface area contributed by atoms with Gasteiger partial charge in [-0.25, -0.2) is 9.59 Å². The van der Waals surface area contributed by atoms with Gasteiger partial charge in [0.05, 0.1) is 68.2 Å². The van der Waals surface area contributed by atoms with E-state index in [0.29, 0.717) is 82.3 Å². The van der Waals surface area contributed by atoms with Gasteiger partial charge in [0.1, 0.15) is 52.5 Å². The molecule has 11 rings (SSSR count). The molecule has 1 unspecified atom stereocenters. The van der Waals surface area contributed by atoms with Gasteiger partial charge in [0.2, 0.25) is 23.6 Å². The van der Waals surface area contributed by atoms with Crippen LogP contribution in [0, 0.1) is 46.4 Å². The van der Waals surface area contributed by atoms with E-state index < -0.39 is 123 Å². The number of anilines is 1. The van der Waals surface area contributed by atoms with Crippen molar-refractivity contribution >= 4 is 80.5 Å². The number of hydrogen-bond donors (Lipinski definition) is 7. The molecule has 8 aromatic rings. The second-order valence-electron chi connectivity index (χ2n) is 31.8. The summed E-state index contributed by atoms with van der Waals surface area (Å²) in [6.07, 6.45) is 8.05. The first-order valence-electron chi connectivity index (χ1n) is 42.8. The zero-order valence-corrected chi connectivity index (χ0v) is 86.5. The molecule has 0 radical (unpaired) electrons. The summed E-state index contributed by atoms with van der Waals surface area (Å²) in [5.74, 6) is -2.38. The summed E-state index contributed by atoms with van der Waals surface area (Å²) in [7, 11) is 9.84. The van der Waals surface area contributed by atoms with E-state index in [1.807, 2.05) is 140 Å². The molecule has 2 fully saturated rings. The molecule has 4 aromatic heterocycles. The van der Waals surface area contributed by atoms with Gasteiger partial charge in [0, 0.05) is 174 Å². The van der Waals surface area contributed by atoms with Crippen LogP contribution in [0.4, 0.5) is 10.5 Å². The third kappa shape index (κ3) is 40.5. The Morgan fingerprint density at radius 2 is 1.19 bits per heavy atom. The molecule has 0 spiro atoms. The topological polar surface area (TPSA) is 553 Å². The van der Waals surface area contributed by atoms with Crippen LogP contribution in [-0.4, -0.2) is 235 Å². The molecule has 9 atom stereocenters. The molecule has 0 aliphatic carbocycles. The van der Waals surface area contributed by atoms with Crippen LogP contribution in [0.1, 0.15) is 118 Å². The second-order valence-corrected chi connectivity index (χ2v) is 34.9. The molecule has 42 nitrogen and oxygen atoms in total. The fourth-order valence-corrected chi connectivity index (χ4v) is 17.2. The van der Waals surface area contributed by atoms with Crippen LogP contribution in [0.5, 0.6) is 11.5 Å². The Balaban J connectivity index is 0.00000176. The van der Waals surface area contributed by atoms with Gasteiger partial charge in [-0.05, 0) is 146 Å². The van der Waals surface area contributed by atoms with Gasteiger partial charge < -0.3 is 79.1 Å². The van der Waals surface area contributed by atoms with Crippen LogP contribution in [0.3, 0.4) is 0 Å². The van der Waals surface area contributed by atoms with E-state index in [1.165, 1.54) is 66.7 Å². The number of epoxide rings is 1. The van der Waals surface area contributed by atoms with Crippen molar-refractivity contribution in [2.24, 2.45) is 5.92 Å². The number of unbranched alkanes of at least 4 members (excludes halogenated alkanes) is 1. The molecular weight excluding hydrogens is 1980 g/mol. The number of allylic oxidation sites excluding steroid dienone is 3. The van der Waals surface area contributed by atoms with Crippen molar-refractivity contribution in [3.63, 3.8) is 0 Å². The molecule has 3 aliphatic heterocycles. The molecule has 47 heteroatoms. The molecule has 139 heavy (non-hydrogen) atoms. The number of methoxy groups -OCH3 is 3. The van der Waals surface area contributed by atoms with Crippen molar-refractivity contribution in [3.05, 3.63) is 297 Å². The summed E-state index contributed by atoms with van der Waals surface area (Å²) in [5.41, 5.74) is 7.37. The zero-order chi connectivity index (χ0) is 100. The van der Waals surface area contributed by atoms with Crippen molar-refractivity contribution < 1.29 is 152 Å². The van der Waals surface area contributed by atoms with Crippen molar-refractivity contribution in [1.82, 2.24) is 50.2 Å². The number of pyridine rings is 4. The third-order valence-corrected chi connectivity index (χ3v) is 24.6. The van der Waals surface area contributed by atoms with E-state index in [0.717, 1.165) is 61.7 Å². The first-order valence-corrected chi connectivity index (χ1v) is 45.7. The average Bonchev–Trinajstić information content (AvgIpc) is 1.57. The Kier molecular flexibility index (Phi) is 50.2. The summed E-state index contributed by atoms with van der Waals surface area (Å²) < 4.78 is 41.7. The first-order chi connectivity index (χ1) is 65.3. The summed E-state index contributed by atoms with van der Waals surface area (Å²) >= 11 is 6.91. The molecule has 740 valence electrons. The van der Waals surface area contributed by atoms with Crippen LogP contribution in [0.25, 0.3) is 11.1 Å². The van der Waals surface area contributed by atoms with E-state index in [9.17, 15) is 33.9 Å². The van der Waals surface area contributed by atoms with Crippen LogP contribution in [0.2, 0.25) is 5.02 Å². The number of nitrogens with one attached hydrogen (secondary N) is 2. The number of nitrogens with zero attached hydrogens (tertiary/aromatic N) is 13. The van der Waals surface area contributed by atoms with Crippen LogP contribution < -0.4 is 25.0 Å². The standard InChI is InChI=1S/C92H108ClN11O15S2.4HNO3.2Zn/c1-62-24-23-31-80(114-8)92(112)54-79(117-90(111)99-92)63(2)87-91(4,119-87)81(53-84(107)101(6)77-50-66(46-62)51-78(113-7)86(77)93)118-89(110)64(3)100(5)83(106)37-45-121-120-44-36-82(105)98-76(52-85(108)115-9)88(109)104(57-65-32-34-70(35-33-65)69-25-11-10-12-26-69)42-21-22-43-116-75-48-67(55-102(58-71-27-13-17-38-94-71)59-72-28-14-18-39-95-72)47-68(49-75)56-103(60-73-29-15-19-40-96-73)61-74-30-16-20-41-97-74;4*2-1(3)4;;/h10-20,23-35,38-41,47-51,63-64,76,79-81,87,112H,21-22,36-37,42-46,52-61H2,1-9H3,(H,98,105)(H,99,111);4*(H,2,3,4);;/b31-23+,62-24+;;;;;;/t63-,64+,76?,79+,80-,81+,87+,91-,92+;;;;;;/m0....../s1. The molecule has 4 aromatic carbocycles. The van der Waals surface area contributed by atoms with Gasteiger partial charge in [0.15, 0.2) is 5.72 Å². The number of halogens is 1. The first kappa shape index (κ1) is 117. The SMILES string of the molecule is COC(=O)CC(NC(=O)CCSSCCC(=O)N(C)[C@H](C)C(=O)O[C@@H]1CC(=O)N(C)c2cc(cc(OC)c2Cl)C/C(C)=C/C=C/[C@H](OC)[C@]2(O)C[C@@H](OC(=O)N2)[C@H](C)[C@H]2O[C@]21C)C(=O)N(CCCCOc1cc(CN(Cc2ccccn2)Cc2ccccn2)cc(CN(Cc2ccccn2)Cc2ccccn2)c1)Cc1ccc(-c2ccccc2)cc1.O=[N+]([O-])O.O=[N+]([O-])O.O=[N+]([O-])O.O=[N+]([O-])O.[Zn].[Zn]. The number of ether oxygens (including phenoxy) is 7. The van der Waals surface area contributed by atoms with Gasteiger partial charge in [-0.2, -0.15) is 0 Å². The quantitative estimate of drug-likeness (QED) is 0.00278. The van der Waals surface area contributed by atoms with Gasteiger partial charge >= 0.3 is 18.0 Å². The average molecular weight is 2090 g/mol. The van der Waals surface area contributed by atoms with Gasteiger partial charge in [-0.15, -0.1) is 40.5 Å². The number of hydrogen-bond acceptors (Lipinski definition) is 31. The van der Waals surface area contributed by atoms with Crippen molar-refractivity contribution in [3.8, 4) is 22.6 Å². The zero-order valence-electron chi connectivity index (χ0n) is 78.2. The third-order valence-electron chi connectivity index (χ3n) is 21.8. The molecule has 5 amide bonds. The molecule has 2 saturated heterocycles. The van der Waals surface area contributed by atoms with Crippen molar-refractivity contribution in [2.75, 3.05) is 65.0 Å². The Hall–Kier alpha value is -12.5. The predicted octanol–water partition coefficient (Wildman–Crippen LogP) is 11.9. The largest absolute Gasteiger partial charge is 0.495 e. The van der Waals surface area contributed by atoms with Crippen molar-refractivity contribution in [2.45, 2.75) is 173 Å². The molecular formula is C92H112ClN15O27S2Zn2. The van der Waals surface area contributed by atoms with E-state index in [1.54, 1.807) is 74.9 Å². The van der Waals surface area contributed by atoms with Gasteiger partial charge in [0.25, 0.3) is 20.3 Å². The number of aliphatic hydroxyl groups is 1. The number of likely N-dealkylation sites (N-methyl/N-ethyl adjacent to an activating group) is 1. The Morgan fingerprint density at radius 3 is 1.68 bits per heavy atom. The number of alkyl carbamates (subject to hydrolysis) is 1. The Labute approximate surface area is 840 Å². The minimum atomic E-state index is -1.90. The minimum Gasteiger partial charge on any atom is -0.495 e. The van der Waals surface area contributed by atoms with E-state index >= 15 is 4.79 Å². The fourth-order valence-electron chi connectivity index (χ4n) is 15.0. The van der Waals surface area contributed by atoms with E-state index in [-0.39, 0.29) is 93.7 Å². The maximum atomic E-state index is 15.1. The van der Waals surface area contributed by atoms with Crippen molar-refractivity contribution in [1.29, 1.82) is 0 Å². The minimum absolute atomic E-state index is 0. The van der Waals surface area contributed by atoms with E-state index in [2.05, 4.69) is 58.6 Å². The predicted molar refractivity (Wildman–Crippen MR) is 500 cm³/mol. The molecule has 4 bridgehead atoms. The van der Waals surface area contributed by atoms with Crippen LogP contribution >= 0.6 is 33.2 Å². The summed E-state index contributed by atoms with van der Waals surface area (Å²) in [6, 6.07) is 49.1. The van der Waals surface area contributed by atoms with Gasteiger partial charge in [-0.1, -0.05) is 149 Å². The number of aromatic nitrogens is 4. The Morgan fingerprint density at radius 1 is 0.683 bits per heavy atom. The maximum Gasteiger partial charge on any atom is 0.409 e. The number of benzene rings is 4. The summed E-state index contributed by atoms with van der Waals surface area (Å²) in [6.45, 7) is 11.0. The van der Waals surface area contributed by atoms with Crippen LogP contribution in [-0.2, 0) is 144 Å². The monoisotopic (exact) mass is 2090 g/mol. The van der Waals surface area contributed by atoms with Gasteiger partial charge in [-0.3, -0.25) is 59.0 Å². The normalized spacial score (nSPS) is 18.4. The second kappa shape index (κ2) is 59.7. The number of carbonyl (C=O) groups excluding carboxylic acids is 7. The Bertz CT molecular complexity index is 5100. The molecule has 7 heterocycles. The van der Waals surface area contributed by atoms with E-state index in [4.69, 9.17) is 106 Å². The molecule has 0 saturated carbocycles.